The summed E-state index contributed by atoms with van der Waals surface area (Å²) >= 11 is 0. The molecule has 270 valence electrons. The second-order valence-electron chi connectivity index (χ2n) is 12.4. The molecule has 0 radical (unpaired) electrons. The lowest BCUT2D eigenvalue weighted by molar-refractivity contribution is -0.306. The van der Waals surface area contributed by atoms with Crippen LogP contribution in [0.1, 0.15) is 12.8 Å². The van der Waals surface area contributed by atoms with Crippen LogP contribution in [0.15, 0.2) is 0 Å². The maximum Gasteiger partial charge on any atom is 0.187 e. The topological polar surface area (TPSA) is 368 Å². The largest absolute Gasteiger partial charge is 0.394 e. The SMILES string of the molecule is NCC1O[C@H](O[C@@H]2C(O)[C@H](O[C@@H]3C(O)[C@H](N)CC(N)[C@H]3O[C@H]3OC(CO)[C@@H](CC(O)CO)C(O)[C@@H]3N)O[C@@H]2CO)C(N)C(O)[C@@H]1O. The van der Waals surface area contributed by atoms with Crippen molar-refractivity contribution in [3.05, 3.63) is 0 Å². The zero-order valence-corrected chi connectivity index (χ0v) is 25.2. The molecule has 3 aliphatic heterocycles. The number of nitrogens with two attached hydrogens (primary N) is 5. The summed E-state index contributed by atoms with van der Waals surface area (Å²) in [5, 5.41) is 92.7. The Morgan fingerprint density at radius 1 is 0.609 bits per heavy atom. The third-order valence-electron chi connectivity index (χ3n) is 9.26. The van der Waals surface area contributed by atoms with E-state index in [1.165, 1.54) is 0 Å². The van der Waals surface area contributed by atoms with Crippen LogP contribution in [0.2, 0.25) is 0 Å². The van der Waals surface area contributed by atoms with Gasteiger partial charge in [0, 0.05) is 24.5 Å². The van der Waals surface area contributed by atoms with Crippen molar-refractivity contribution < 1.29 is 74.4 Å². The monoisotopic (exact) mass is 673 g/mol. The quantitative estimate of drug-likeness (QED) is 0.0914. The summed E-state index contributed by atoms with van der Waals surface area (Å²) in [7, 11) is 0. The van der Waals surface area contributed by atoms with Gasteiger partial charge in [-0.1, -0.05) is 0 Å². The van der Waals surface area contributed by atoms with Crippen LogP contribution in [0.3, 0.4) is 0 Å². The number of hydrogen-bond donors (Lipinski definition) is 14. The van der Waals surface area contributed by atoms with Crippen molar-refractivity contribution in [1.29, 1.82) is 0 Å². The third kappa shape index (κ3) is 7.82. The van der Waals surface area contributed by atoms with Crippen LogP contribution in [0.4, 0.5) is 0 Å². The van der Waals surface area contributed by atoms with Gasteiger partial charge in [0.15, 0.2) is 18.9 Å². The summed E-state index contributed by atoms with van der Waals surface area (Å²) in [6.45, 7) is -2.01. The standard InChI is InChI=1S/C26H51N5O15/c27-3-11-18(38)19(39)15(31)25(41-11)45-22-13(6-34)43-26(20(22)40)46-23-17(37)9(28)2-10(29)21(23)44-24-14(30)16(36)8(1-7(35)4-32)12(5-33)42-24/h7-26,32-40H,1-6,27-31H2/t7?,8-,9-,10?,11?,12?,13-,14+,15?,16?,17?,18-,19?,20?,21-,22+,23-,24-,25-,26+/m1/s1. The van der Waals surface area contributed by atoms with E-state index in [0.717, 1.165) is 0 Å². The van der Waals surface area contributed by atoms with E-state index in [1.54, 1.807) is 0 Å². The Kier molecular flexibility index (Phi) is 13.4. The summed E-state index contributed by atoms with van der Waals surface area (Å²) in [5.41, 5.74) is 30.3. The van der Waals surface area contributed by atoms with Gasteiger partial charge in [-0.15, -0.1) is 0 Å². The Hall–Kier alpha value is -0.800. The van der Waals surface area contributed by atoms with Crippen molar-refractivity contribution in [3.63, 3.8) is 0 Å². The molecule has 9 unspecified atom stereocenters. The lowest BCUT2D eigenvalue weighted by Crippen LogP contribution is -2.67. The molecule has 20 atom stereocenters. The third-order valence-corrected chi connectivity index (χ3v) is 9.26. The Morgan fingerprint density at radius 3 is 1.74 bits per heavy atom. The summed E-state index contributed by atoms with van der Waals surface area (Å²) in [6.07, 6.45) is -20.1. The minimum Gasteiger partial charge on any atom is -0.394 e. The summed E-state index contributed by atoms with van der Waals surface area (Å²) in [6, 6.07) is -4.29. The molecular formula is C26H51N5O15. The van der Waals surface area contributed by atoms with Crippen molar-refractivity contribution >= 4 is 0 Å². The van der Waals surface area contributed by atoms with Crippen molar-refractivity contribution in [2.75, 3.05) is 26.4 Å². The van der Waals surface area contributed by atoms with Crippen LogP contribution in [-0.4, -0.2) is 189 Å². The Labute approximate surface area is 264 Å². The zero-order chi connectivity index (χ0) is 34.0. The Balaban J connectivity index is 1.49. The van der Waals surface area contributed by atoms with E-state index in [0.29, 0.717) is 0 Å². The van der Waals surface area contributed by atoms with Gasteiger partial charge in [-0.2, -0.15) is 0 Å². The van der Waals surface area contributed by atoms with E-state index >= 15 is 0 Å². The highest BCUT2D eigenvalue weighted by molar-refractivity contribution is 5.02. The molecule has 3 saturated heterocycles. The normalized spacial score (nSPS) is 50.9. The smallest absolute Gasteiger partial charge is 0.187 e. The number of rotatable bonds is 12. The molecule has 1 aliphatic carbocycles. The fourth-order valence-corrected chi connectivity index (χ4v) is 6.48. The first kappa shape index (κ1) is 38.0. The van der Waals surface area contributed by atoms with Gasteiger partial charge in [0.25, 0.3) is 0 Å². The van der Waals surface area contributed by atoms with E-state index in [2.05, 4.69) is 0 Å². The van der Waals surface area contributed by atoms with Gasteiger partial charge >= 0.3 is 0 Å². The zero-order valence-electron chi connectivity index (χ0n) is 25.2. The van der Waals surface area contributed by atoms with Crippen LogP contribution in [0, 0.1) is 5.92 Å². The molecule has 0 spiro atoms. The number of aliphatic hydroxyl groups is 9. The van der Waals surface area contributed by atoms with Crippen LogP contribution in [-0.2, 0) is 28.4 Å². The van der Waals surface area contributed by atoms with Crippen LogP contribution >= 0.6 is 0 Å². The van der Waals surface area contributed by atoms with Crippen molar-refractivity contribution in [3.8, 4) is 0 Å². The maximum atomic E-state index is 11.2. The van der Waals surface area contributed by atoms with Crippen molar-refractivity contribution in [2.24, 2.45) is 34.6 Å². The Morgan fingerprint density at radius 2 is 1.15 bits per heavy atom. The molecule has 4 aliphatic rings. The lowest BCUT2D eigenvalue weighted by atomic mass is 9.83. The predicted octanol–water partition coefficient (Wildman–Crippen LogP) is -8.86. The molecule has 4 rings (SSSR count). The van der Waals surface area contributed by atoms with Crippen LogP contribution in [0.5, 0.6) is 0 Å². The van der Waals surface area contributed by atoms with E-state index in [4.69, 9.17) is 57.1 Å². The average molecular weight is 674 g/mol. The molecular weight excluding hydrogens is 622 g/mol. The molecule has 46 heavy (non-hydrogen) atoms. The average Bonchev–Trinajstić information content (AvgIpc) is 3.33. The minimum atomic E-state index is -1.64. The van der Waals surface area contributed by atoms with Gasteiger partial charge in [-0.3, -0.25) is 0 Å². The highest BCUT2D eigenvalue weighted by atomic mass is 16.8. The molecule has 0 aromatic heterocycles. The molecule has 1 saturated carbocycles. The predicted molar refractivity (Wildman–Crippen MR) is 152 cm³/mol. The van der Waals surface area contributed by atoms with E-state index in [-0.39, 0.29) is 19.4 Å². The Bertz CT molecular complexity index is 946. The molecule has 0 aromatic rings. The molecule has 0 aromatic carbocycles. The second-order valence-corrected chi connectivity index (χ2v) is 12.4. The van der Waals surface area contributed by atoms with Crippen LogP contribution in [0.25, 0.3) is 0 Å². The van der Waals surface area contributed by atoms with Gasteiger partial charge in [0.05, 0.1) is 56.3 Å². The highest BCUT2D eigenvalue weighted by Gasteiger charge is 2.54. The van der Waals surface area contributed by atoms with Gasteiger partial charge in [-0.05, 0) is 12.8 Å². The first-order valence-electron chi connectivity index (χ1n) is 15.3. The van der Waals surface area contributed by atoms with E-state index in [9.17, 15) is 46.0 Å². The fourth-order valence-electron chi connectivity index (χ4n) is 6.48. The molecule has 0 amide bonds. The summed E-state index contributed by atoms with van der Waals surface area (Å²) in [4.78, 5) is 0. The molecule has 3 heterocycles. The van der Waals surface area contributed by atoms with Gasteiger partial charge < -0.3 is 103 Å². The molecule has 20 nitrogen and oxygen atoms in total. The first-order valence-corrected chi connectivity index (χ1v) is 15.3. The second kappa shape index (κ2) is 16.3. The van der Waals surface area contributed by atoms with Crippen molar-refractivity contribution in [2.45, 2.75) is 129 Å². The molecule has 0 bridgehead atoms. The molecule has 19 N–H and O–H groups in total. The van der Waals surface area contributed by atoms with Crippen molar-refractivity contribution in [1.82, 2.24) is 0 Å². The number of aliphatic hydroxyl groups excluding tert-OH is 9. The van der Waals surface area contributed by atoms with Gasteiger partial charge in [-0.25, -0.2) is 0 Å². The molecule has 20 heteroatoms. The number of hydrogen-bond acceptors (Lipinski definition) is 20. The highest BCUT2D eigenvalue weighted by Crippen LogP contribution is 2.35. The maximum absolute atomic E-state index is 11.2. The van der Waals surface area contributed by atoms with E-state index < -0.39 is 142 Å². The summed E-state index contributed by atoms with van der Waals surface area (Å²) in [5.74, 6) is -0.853. The fraction of sp³-hybridized carbons (Fsp3) is 1.00. The number of ether oxygens (including phenoxy) is 6. The first-order chi connectivity index (χ1) is 21.8. The molecule has 4 fully saturated rings. The van der Waals surface area contributed by atoms with Gasteiger partial charge in [0.1, 0.15) is 48.8 Å². The summed E-state index contributed by atoms with van der Waals surface area (Å²) < 4.78 is 35.0. The van der Waals surface area contributed by atoms with Gasteiger partial charge in [0.2, 0.25) is 0 Å². The lowest BCUT2D eigenvalue weighted by Gasteiger charge is -2.48. The minimum absolute atomic E-state index is 0.0530. The van der Waals surface area contributed by atoms with Crippen LogP contribution < -0.4 is 28.7 Å². The van der Waals surface area contributed by atoms with E-state index in [1.807, 2.05) is 0 Å².